The van der Waals surface area contributed by atoms with Gasteiger partial charge in [0.25, 0.3) is 11.7 Å². The molecule has 2 N–H and O–H groups in total. The first-order chi connectivity index (χ1) is 16.4. The van der Waals surface area contributed by atoms with Gasteiger partial charge in [0.05, 0.1) is 30.9 Å². The minimum atomic E-state index is -0.851. The van der Waals surface area contributed by atoms with Crippen LogP contribution >= 0.6 is 0 Å². The first-order valence-electron chi connectivity index (χ1n) is 11.5. The molecule has 0 spiro atoms. The SMILES string of the molecule is CCOc1ccc(/C(O)=C2\C(=O)C(=O)N(CC3CCCO3)C2c2ccc(O)c(OCC)c2)cc1. The average molecular weight is 468 g/mol. The molecule has 8 nitrogen and oxygen atoms in total. The number of amides is 1. The predicted molar refractivity (Wildman–Crippen MR) is 125 cm³/mol. The number of nitrogens with zero attached hydrogens (tertiary/aromatic N) is 1. The zero-order chi connectivity index (χ0) is 24.2. The number of aromatic hydroxyl groups is 1. The number of hydrogen-bond donors (Lipinski definition) is 2. The lowest BCUT2D eigenvalue weighted by molar-refractivity contribution is -0.140. The molecule has 2 heterocycles. The third-order valence-electron chi connectivity index (χ3n) is 6.00. The molecule has 4 rings (SSSR count). The van der Waals surface area contributed by atoms with E-state index in [2.05, 4.69) is 0 Å². The van der Waals surface area contributed by atoms with Gasteiger partial charge in [-0.2, -0.15) is 0 Å². The maximum absolute atomic E-state index is 13.2. The summed E-state index contributed by atoms with van der Waals surface area (Å²) in [4.78, 5) is 27.7. The molecule has 2 aromatic rings. The van der Waals surface area contributed by atoms with Gasteiger partial charge in [-0.3, -0.25) is 9.59 Å². The number of ketones is 1. The van der Waals surface area contributed by atoms with Crippen LogP contribution in [-0.4, -0.2) is 59.3 Å². The molecule has 1 amide bonds. The zero-order valence-corrected chi connectivity index (χ0v) is 19.3. The Labute approximate surface area is 198 Å². The van der Waals surface area contributed by atoms with Crippen molar-refractivity contribution < 1.29 is 34.0 Å². The number of benzene rings is 2. The van der Waals surface area contributed by atoms with Crippen molar-refractivity contribution in [2.45, 2.75) is 38.8 Å². The Bertz CT molecular complexity index is 1090. The van der Waals surface area contributed by atoms with Crippen molar-refractivity contribution in [3.63, 3.8) is 0 Å². The fourth-order valence-corrected chi connectivity index (χ4v) is 4.43. The average Bonchev–Trinajstić information content (AvgIpc) is 3.43. The molecule has 180 valence electrons. The fraction of sp³-hybridized carbons (Fsp3) is 0.385. The summed E-state index contributed by atoms with van der Waals surface area (Å²) < 4.78 is 16.7. The normalized spacial score (nSPS) is 21.8. The molecular weight excluding hydrogens is 438 g/mol. The Morgan fingerprint density at radius 2 is 1.82 bits per heavy atom. The first-order valence-corrected chi connectivity index (χ1v) is 11.5. The summed E-state index contributed by atoms with van der Waals surface area (Å²) in [5.74, 6) is -0.905. The van der Waals surface area contributed by atoms with Gasteiger partial charge in [-0.15, -0.1) is 0 Å². The van der Waals surface area contributed by atoms with Crippen LogP contribution in [-0.2, 0) is 14.3 Å². The number of rotatable bonds is 8. The molecule has 8 heteroatoms. The Hall–Kier alpha value is -3.52. The number of carbonyl (C=O) groups is 2. The van der Waals surface area contributed by atoms with Gasteiger partial charge in [0.2, 0.25) is 0 Å². The molecule has 0 radical (unpaired) electrons. The predicted octanol–water partition coefficient (Wildman–Crippen LogP) is 3.79. The highest BCUT2D eigenvalue weighted by molar-refractivity contribution is 6.46. The molecule has 0 bridgehead atoms. The van der Waals surface area contributed by atoms with E-state index in [1.807, 2.05) is 6.92 Å². The van der Waals surface area contributed by atoms with E-state index in [4.69, 9.17) is 14.2 Å². The number of phenols is 1. The third-order valence-corrected chi connectivity index (χ3v) is 6.00. The monoisotopic (exact) mass is 467 g/mol. The van der Waals surface area contributed by atoms with Crippen LogP contribution in [0.5, 0.6) is 17.2 Å². The van der Waals surface area contributed by atoms with Gasteiger partial charge in [0, 0.05) is 18.7 Å². The topological polar surface area (TPSA) is 106 Å². The molecule has 2 unspecified atom stereocenters. The molecule has 2 aliphatic heterocycles. The molecule has 0 aromatic heterocycles. The van der Waals surface area contributed by atoms with Crippen LogP contribution in [0.4, 0.5) is 0 Å². The Balaban J connectivity index is 1.81. The number of phenolic OH excluding ortho intramolecular Hbond substituents is 1. The lowest BCUT2D eigenvalue weighted by Crippen LogP contribution is -2.36. The number of likely N-dealkylation sites (tertiary alicyclic amines) is 1. The summed E-state index contributed by atoms with van der Waals surface area (Å²) in [5.41, 5.74) is 0.929. The van der Waals surface area contributed by atoms with Gasteiger partial charge < -0.3 is 29.3 Å². The molecule has 2 aromatic carbocycles. The van der Waals surface area contributed by atoms with Crippen LogP contribution in [0.25, 0.3) is 5.76 Å². The molecule has 2 aliphatic rings. The zero-order valence-electron chi connectivity index (χ0n) is 19.3. The summed E-state index contributed by atoms with van der Waals surface area (Å²) in [7, 11) is 0. The van der Waals surface area contributed by atoms with Crippen molar-refractivity contribution in [1.82, 2.24) is 4.90 Å². The van der Waals surface area contributed by atoms with Crippen LogP contribution in [0, 0.1) is 0 Å². The van der Waals surface area contributed by atoms with Crippen molar-refractivity contribution >= 4 is 17.4 Å². The third kappa shape index (κ3) is 4.59. The van der Waals surface area contributed by atoms with Crippen LogP contribution in [0.2, 0.25) is 0 Å². The Kier molecular flexibility index (Phi) is 7.07. The Morgan fingerprint density at radius 3 is 2.47 bits per heavy atom. The number of ether oxygens (including phenoxy) is 3. The maximum Gasteiger partial charge on any atom is 0.295 e. The van der Waals surface area contributed by atoms with Gasteiger partial charge in [0.15, 0.2) is 11.5 Å². The van der Waals surface area contributed by atoms with E-state index in [0.717, 1.165) is 12.8 Å². The highest BCUT2D eigenvalue weighted by Crippen LogP contribution is 2.42. The van der Waals surface area contributed by atoms with Crippen LogP contribution in [0.1, 0.15) is 43.9 Å². The highest BCUT2D eigenvalue weighted by Gasteiger charge is 2.47. The van der Waals surface area contributed by atoms with Gasteiger partial charge in [-0.25, -0.2) is 0 Å². The number of aliphatic hydroxyl groups is 1. The molecule has 2 saturated heterocycles. The Morgan fingerprint density at radius 1 is 1.09 bits per heavy atom. The van der Waals surface area contributed by atoms with E-state index in [-0.39, 0.29) is 35.5 Å². The summed E-state index contributed by atoms with van der Waals surface area (Å²) in [5, 5.41) is 21.4. The standard InChI is InChI=1S/C26H29NO7/c1-3-32-18-10-7-16(8-11-18)24(29)22-23(17-9-12-20(28)21(14-17)33-4-2)27(26(31)25(22)30)15-19-6-5-13-34-19/h7-12,14,19,23,28-29H,3-6,13,15H2,1-2H3/b24-22+. The van der Waals surface area contributed by atoms with Crippen LogP contribution in [0.3, 0.4) is 0 Å². The molecular formula is C26H29NO7. The van der Waals surface area contributed by atoms with Crippen molar-refractivity contribution in [3.05, 3.63) is 59.2 Å². The van der Waals surface area contributed by atoms with Gasteiger partial charge in [-0.1, -0.05) is 6.07 Å². The number of carbonyl (C=O) groups excluding carboxylic acids is 2. The van der Waals surface area contributed by atoms with E-state index in [1.165, 1.54) is 11.0 Å². The van der Waals surface area contributed by atoms with Crippen molar-refractivity contribution in [2.75, 3.05) is 26.4 Å². The van der Waals surface area contributed by atoms with Crippen LogP contribution < -0.4 is 9.47 Å². The minimum Gasteiger partial charge on any atom is -0.507 e. The number of hydrogen-bond acceptors (Lipinski definition) is 7. The number of Topliss-reactive ketones (excluding diaryl/α,β-unsaturated/α-hetero) is 1. The van der Waals surface area contributed by atoms with E-state index in [9.17, 15) is 19.8 Å². The molecule has 2 fully saturated rings. The van der Waals surface area contributed by atoms with Crippen molar-refractivity contribution in [2.24, 2.45) is 0 Å². The van der Waals surface area contributed by atoms with Gasteiger partial charge in [-0.05, 0) is 68.7 Å². The molecule has 34 heavy (non-hydrogen) atoms. The summed E-state index contributed by atoms with van der Waals surface area (Å²) in [6, 6.07) is 10.5. The summed E-state index contributed by atoms with van der Waals surface area (Å²) in [6.07, 6.45) is 1.49. The molecule has 0 saturated carbocycles. The second-order valence-corrected chi connectivity index (χ2v) is 8.20. The fourth-order valence-electron chi connectivity index (χ4n) is 4.43. The first kappa shape index (κ1) is 23.6. The van der Waals surface area contributed by atoms with E-state index < -0.39 is 17.7 Å². The van der Waals surface area contributed by atoms with Gasteiger partial charge in [0.1, 0.15) is 11.5 Å². The second kappa shape index (κ2) is 10.2. The summed E-state index contributed by atoms with van der Waals surface area (Å²) in [6.45, 7) is 5.33. The largest absolute Gasteiger partial charge is 0.507 e. The lowest BCUT2D eigenvalue weighted by Gasteiger charge is -2.28. The highest BCUT2D eigenvalue weighted by atomic mass is 16.5. The molecule has 2 atom stereocenters. The lowest BCUT2D eigenvalue weighted by atomic mass is 9.94. The maximum atomic E-state index is 13.2. The van der Waals surface area contributed by atoms with Crippen molar-refractivity contribution in [1.29, 1.82) is 0 Å². The van der Waals surface area contributed by atoms with E-state index in [1.54, 1.807) is 43.3 Å². The minimum absolute atomic E-state index is 0.0136. The van der Waals surface area contributed by atoms with Crippen LogP contribution in [0.15, 0.2) is 48.0 Å². The van der Waals surface area contributed by atoms with E-state index in [0.29, 0.717) is 36.7 Å². The molecule has 0 aliphatic carbocycles. The summed E-state index contributed by atoms with van der Waals surface area (Å²) >= 11 is 0. The van der Waals surface area contributed by atoms with Crippen molar-refractivity contribution in [3.8, 4) is 17.2 Å². The smallest absolute Gasteiger partial charge is 0.295 e. The number of aliphatic hydroxyl groups excluding tert-OH is 1. The quantitative estimate of drug-likeness (QED) is 0.346. The van der Waals surface area contributed by atoms with E-state index >= 15 is 0 Å². The van der Waals surface area contributed by atoms with Gasteiger partial charge >= 0.3 is 0 Å². The second-order valence-electron chi connectivity index (χ2n) is 8.20.